The maximum absolute atomic E-state index is 8.79. The molecule has 0 saturated carbocycles. The number of hydrogen-bond donors (Lipinski definition) is 2. The van der Waals surface area contributed by atoms with Crippen LogP contribution in [-0.2, 0) is 6.54 Å². The highest BCUT2D eigenvalue weighted by molar-refractivity contribution is 7.22. The van der Waals surface area contributed by atoms with E-state index in [1.165, 1.54) is 23.1 Å². The van der Waals surface area contributed by atoms with Crippen molar-refractivity contribution in [3.05, 3.63) is 59.7 Å². The molecular formula is C23H25N3OS. The molecule has 1 aliphatic heterocycles. The van der Waals surface area contributed by atoms with Crippen molar-refractivity contribution in [2.75, 3.05) is 24.6 Å². The van der Waals surface area contributed by atoms with Crippen molar-refractivity contribution in [2.45, 2.75) is 31.8 Å². The van der Waals surface area contributed by atoms with Crippen molar-refractivity contribution in [3.63, 3.8) is 0 Å². The molecule has 0 aliphatic carbocycles. The van der Waals surface area contributed by atoms with Gasteiger partial charge in [-0.3, -0.25) is 0 Å². The monoisotopic (exact) mass is 391 g/mol. The predicted molar refractivity (Wildman–Crippen MR) is 117 cm³/mol. The fourth-order valence-electron chi connectivity index (χ4n) is 3.50. The van der Waals surface area contributed by atoms with Crippen molar-refractivity contribution >= 4 is 26.7 Å². The van der Waals surface area contributed by atoms with E-state index in [9.17, 15) is 0 Å². The minimum absolute atomic E-state index is 0.116. The van der Waals surface area contributed by atoms with Crippen molar-refractivity contribution in [2.24, 2.45) is 0 Å². The molecule has 1 fully saturated rings. The lowest BCUT2D eigenvalue weighted by Gasteiger charge is -2.33. The molecule has 2 heterocycles. The number of aliphatic hydroxyl groups excluding tert-OH is 1. The number of nitrogens with zero attached hydrogens (tertiary/aromatic N) is 2. The summed E-state index contributed by atoms with van der Waals surface area (Å²) in [5.41, 5.74) is 3.36. The van der Waals surface area contributed by atoms with E-state index in [4.69, 9.17) is 10.1 Å². The zero-order valence-electron chi connectivity index (χ0n) is 15.9. The summed E-state index contributed by atoms with van der Waals surface area (Å²) >= 11 is 1.79. The van der Waals surface area contributed by atoms with Gasteiger partial charge >= 0.3 is 0 Å². The fourth-order valence-corrected chi connectivity index (χ4v) is 4.50. The number of aliphatic hydroxyl groups is 1. The van der Waals surface area contributed by atoms with E-state index < -0.39 is 0 Å². The van der Waals surface area contributed by atoms with E-state index >= 15 is 0 Å². The molecule has 1 aliphatic rings. The summed E-state index contributed by atoms with van der Waals surface area (Å²) in [4.78, 5) is 7.24. The summed E-state index contributed by atoms with van der Waals surface area (Å²) in [6, 6.07) is 17.2. The van der Waals surface area contributed by atoms with Crippen LogP contribution < -0.4 is 10.2 Å². The third-order valence-corrected chi connectivity index (χ3v) is 6.09. The van der Waals surface area contributed by atoms with E-state index in [2.05, 4.69) is 70.6 Å². The number of thiazole rings is 1. The number of rotatable bonds is 5. The number of fused-ring (bicyclic) bond motifs is 1. The Bertz CT molecular complexity index is 938. The van der Waals surface area contributed by atoms with E-state index in [0.717, 1.165) is 35.8 Å². The Labute approximate surface area is 170 Å². The molecule has 0 radical (unpaired) electrons. The Morgan fingerprint density at radius 1 is 1.18 bits per heavy atom. The molecule has 2 N–H and O–H groups in total. The van der Waals surface area contributed by atoms with Gasteiger partial charge in [0.25, 0.3) is 0 Å². The van der Waals surface area contributed by atoms with E-state index in [1.807, 2.05) is 0 Å². The van der Waals surface area contributed by atoms with Gasteiger partial charge in [0.1, 0.15) is 0 Å². The summed E-state index contributed by atoms with van der Waals surface area (Å²) in [6.07, 6.45) is 2.91. The highest BCUT2D eigenvalue weighted by atomic mass is 32.1. The molecule has 1 aromatic heterocycles. The maximum atomic E-state index is 8.79. The van der Waals surface area contributed by atoms with Gasteiger partial charge in [-0.2, -0.15) is 0 Å². The lowest BCUT2D eigenvalue weighted by atomic mass is 10.1. The molecule has 4 rings (SSSR count). The van der Waals surface area contributed by atoms with Gasteiger partial charge in [0.15, 0.2) is 5.13 Å². The number of para-hydroxylation sites is 1. The summed E-state index contributed by atoms with van der Waals surface area (Å²) in [6.45, 7) is 3.07. The summed E-state index contributed by atoms with van der Waals surface area (Å²) in [5.74, 6) is 6.03. The van der Waals surface area contributed by atoms with Crippen LogP contribution in [0.25, 0.3) is 10.2 Å². The SMILES string of the molecule is OCCC#Cc1ccc(CN[C@H]2CCCN(c3nc4ccccc4s3)C2)cc1. The van der Waals surface area contributed by atoms with Crippen LogP contribution >= 0.6 is 11.3 Å². The second kappa shape index (κ2) is 9.20. The molecule has 5 heteroatoms. The lowest BCUT2D eigenvalue weighted by molar-refractivity contribution is 0.305. The van der Waals surface area contributed by atoms with Crippen LogP contribution in [0.4, 0.5) is 5.13 Å². The smallest absolute Gasteiger partial charge is 0.186 e. The first-order valence-corrected chi connectivity index (χ1v) is 10.7. The standard InChI is InChI=1S/C23H25N3OS/c27-15-4-3-6-18-10-12-19(13-11-18)16-24-20-7-5-14-26(17-20)23-25-21-8-1-2-9-22(21)28-23/h1-2,8-13,20,24,27H,4-5,7,14-17H2/t20-/m0/s1. The number of nitrogens with one attached hydrogen (secondary N) is 1. The van der Waals surface area contributed by atoms with E-state index in [1.54, 1.807) is 11.3 Å². The molecular weight excluding hydrogens is 366 g/mol. The number of piperidine rings is 1. The highest BCUT2D eigenvalue weighted by Gasteiger charge is 2.22. The Balaban J connectivity index is 1.33. The quantitative estimate of drug-likeness (QED) is 0.650. The summed E-state index contributed by atoms with van der Waals surface area (Å²) in [5, 5.41) is 13.6. The molecule has 1 saturated heterocycles. The summed E-state index contributed by atoms with van der Waals surface area (Å²) in [7, 11) is 0. The third-order valence-electron chi connectivity index (χ3n) is 4.99. The van der Waals surface area contributed by atoms with Gasteiger partial charge in [-0.25, -0.2) is 4.98 Å². The highest BCUT2D eigenvalue weighted by Crippen LogP contribution is 2.30. The van der Waals surface area contributed by atoms with Gasteiger partial charge in [-0.1, -0.05) is 47.4 Å². The van der Waals surface area contributed by atoms with Gasteiger partial charge in [-0.15, -0.1) is 0 Å². The van der Waals surface area contributed by atoms with E-state index in [0.29, 0.717) is 12.5 Å². The maximum Gasteiger partial charge on any atom is 0.186 e. The predicted octanol–water partition coefficient (Wildman–Crippen LogP) is 3.79. The molecule has 0 amide bonds. The normalized spacial score (nSPS) is 16.8. The van der Waals surface area contributed by atoms with Crippen LogP contribution in [0.3, 0.4) is 0 Å². The average molecular weight is 392 g/mol. The minimum atomic E-state index is 0.116. The molecule has 144 valence electrons. The minimum Gasteiger partial charge on any atom is -0.395 e. The molecule has 28 heavy (non-hydrogen) atoms. The molecule has 0 spiro atoms. The number of hydrogen-bond acceptors (Lipinski definition) is 5. The summed E-state index contributed by atoms with van der Waals surface area (Å²) < 4.78 is 1.26. The molecule has 0 unspecified atom stereocenters. The van der Waals surface area contributed by atoms with Gasteiger partial charge in [0.2, 0.25) is 0 Å². The van der Waals surface area contributed by atoms with Gasteiger partial charge in [-0.05, 0) is 42.7 Å². The van der Waals surface area contributed by atoms with E-state index in [-0.39, 0.29) is 6.61 Å². The second-order valence-corrected chi connectivity index (χ2v) is 8.11. The first-order chi connectivity index (χ1) is 13.8. The van der Waals surface area contributed by atoms with Gasteiger partial charge in [0.05, 0.1) is 16.8 Å². The average Bonchev–Trinajstić information content (AvgIpc) is 3.18. The van der Waals surface area contributed by atoms with Gasteiger partial charge in [0, 0.05) is 37.7 Å². The largest absolute Gasteiger partial charge is 0.395 e. The third kappa shape index (κ3) is 4.71. The van der Waals surface area contributed by atoms with Crippen LogP contribution in [0.2, 0.25) is 0 Å². The topological polar surface area (TPSA) is 48.4 Å². The van der Waals surface area contributed by atoms with Crippen molar-refractivity contribution in [1.82, 2.24) is 10.3 Å². The fraction of sp³-hybridized carbons (Fsp3) is 0.348. The van der Waals surface area contributed by atoms with Crippen LogP contribution in [0.1, 0.15) is 30.4 Å². The number of benzene rings is 2. The molecule has 0 bridgehead atoms. The van der Waals surface area contributed by atoms with Crippen LogP contribution in [-0.4, -0.2) is 35.8 Å². The van der Waals surface area contributed by atoms with Crippen molar-refractivity contribution in [1.29, 1.82) is 0 Å². The lowest BCUT2D eigenvalue weighted by Crippen LogP contribution is -2.45. The van der Waals surface area contributed by atoms with Crippen LogP contribution in [0, 0.1) is 11.8 Å². The van der Waals surface area contributed by atoms with Crippen LogP contribution in [0.5, 0.6) is 0 Å². The zero-order valence-corrected chi connectivity index (χ0v) is 16.7. The Kier molecular flexibility index (Phi) is 6.23. The Hall–Kier alpha value is -2.39. The molecule has 1 atom stereocenters. The molecule has 3 aromatic rings. The first-order valence-electron chi connectivity index (χ1n) is 9.84. The Morgan fingerprint density at radius 3 is 2.86 bits per heavy atom. The van der Waals surface area contributed by atoms with Gasteiger partial charge < -0.3 is 15.3 Å². The number of anilines is 1. The van der Waals surface area contributed by atoms with Crippen molar-refractivity contribution in [3.8, 4) is 11.8 Å². The Morgan fingerprint density at radius 2 is 2.04 bits per heavy atom. The number of aromatic nitrogens is 1. The van der Waals surface area contributed by atoms with Crippen LogP contribution in [0.15, 0.2) is 48.5 Å². The first kappa shape index (κ1) is 18.9. The second-order valence-electron chi connectivity index (χ2n) is 7.10. The zero-order chi connectivity index (χ0) is 19.2. The van der Waals surface area contributed by atoms with Crippen molar-refractivity contribution < 1.29 is 5.11 Å². The molecule has 2 aromatic carbocycles. The molecule has 4 nitrogen and oxygen atoms in total.